The molecule has 0 radical (unpaired) electrons. The first-order valence-electron chi connectivity index (χ1n) is 7.75. The van der Waals surface area contributed by atoms with E-state index in [1.165, 1.54) is 0 Å². The Kier molecular flexibility index (Phi) is 4.19. The maximum absolute atomic E-state index is 12.5. The van der Waals surface area contributed by atoms with E-state index in [2.05, 4.69) is 5.32 Å². The summed E-state index contributed by atoms with van der Waals surface area (Å²) in [7, 11) is 0. The lowest BCUT2D eigenvalue weighted by atomic mass is 9.95. The lowest BCUT2D eigenvalue weighted by Gasteiger charge is -2.15. The average Bonchev–Trinajstić information content (AvgIpc) is 3.25. The molecule has 0 atom stereocenters. The van der Waals surface area contributed by atoms with Crippen LogP contribution in [0.1, 0.15) is 41.6 Å². The fraction of sp³-hybridized carbons (Fsp3) is 0.333. The Labute approximate surface area is 134 Å². The van der Waals surface area contributed by atoms with Crippen LogP contribution in [0.4, 0.5) is 0 Å². The maximum atomic E-state index is 12.5. The third-order valence-corrected chi connectivity index (χ3v) is 4.07. The molecule has 5 heteroatoms. The van der Waals surface area contributed by atoms with Crippen LogP contribution >= 0.6 is 0 Å². The van der Waals surface area contributed by atoms with Gasteiger partial charge in [0.05, 0.1) is 18.6 Å². The molecule has 1 amide bonds. The zero-order chi connectivity index (χ0) is 16.3. The Morgan fingerprint density at radius 1 is 1.17 bits per heavy atom. The highest BCUT2D eigenvalue weighted by molar-refractivity contribution is 5.91. The van der Waals surface area contributed by atoms with Crippen molar-refractivity contribution in [2.75, 3.05) is 6.61 Å². The van der Waals surface area contributed by atoms with Gasteiger partial charge in [-0.3, -0.25) is 4.79 Å². The van der Waals surface area contributed by atoms with Crippen LogP contribution in [0, 0.1) is 0 Å². The van der Waals surface area contributed by atoms with Crippen LogP contribution in [0.15, 0.2) is 46.9 Å². The molecule has 0 unspecified atom stereocenters. The predicted octanol–water partition coefficient (Wildman–Crippen LogP) is 2.80. The summed E-state index contributed by atoms with van der Waals surface area (Å²) in [5, 5.41) is 2.90. The van der Waals surface area contributed by atoms with Gasteiger partial charge in [-0.15, -0.1) is 0 Å². The number of carbonyl (C=O) groups is 2. The van der Waals surface area contributed by atoms with Crippen LogP contribution in [0.5, 0.6) is 0 Å². The van der Waals surface area contributed by atoms with E-state index in [0.717, 1.165) is 18.4 Å². The lowest BCUT2D eigenvalue weighted by molar-refractivity contribution is -0.123. The molecule has 23 heavy (non-hydrogen) atoms. The average molecular weight is 313 g/mol. The van der Waals surface area contributed by atoms with E-state index in [9.17, 15) is 9.59 Å². The summed E-state index contributed by atoms with van der Waals surface area (Å²) in [5.41, 5.74) is 0.641. The van der Waals surface area contributed by atoms with E-state index in [-0.39, 0.29) is 18.2 Å². The number of amides is 1. The minimum absolute atomic E-state index is 0.00205. The minimum atomic E-state index is -0.493. The number of nitrogens with one attached hydrogen (secondary N) is 1. The van der Waals surface area contributed by atoms with Crippen molar-refractivity contribution in [1.29, 1.82) is 0 Å². The molecule has 2 aromatic rings. The number of rotatable bonds is 6. The first kappa shape index (κ1) is 15.3. The monoisotopic (exact) mass is 313 g/mol. The summed E-state index contributed by atoms with van der Waals surface area (Å²) in [6.07, 6.45) is 1.71. The van der Waals surface area contributed by atoms with Crippen LogP contribution in [-0.2, 0) is 21.5 Å². The third kappa shape index (κ3) is 3.13. The molecule has 1 heterocycles. The topological polar surface area (TPSA) is 68.5 Å². The van der Waals surface area contributed by atoms with Gasteiger partial charge in [-0.1, -0.05) is 30.3 Å². The Bertz CT molecular complexity index is 701. The number of benzene rings is 1. The molecular formula is C18H19NO4. The van der Waals surface area contributed by atoms with Gasteiger partial charge in [0.2, 0.25) is 11.7 Å². The molecule has 0 bridgehead atoms. The van der Waals surface area contributed by atoms with Crippen molar-refractivity contribution in [3.05, 3.63) is 59.5 Å². The van der Waals surface area contributed by atoms with E-state index in [4.69, 9.17) is 9.15 Å². The van der Waals surface area contributed by atoms with Crippen LogP contribution in [-0.4, -0.2) is 18.5 Å². The molecule has 1 aliphatic carbocycles. The number of esters is 1. The van der Waals surface area contributed by atoms with Crippen LogP contribution in [0.2, 0.25) is 0 Å². The fourth-order valence-corrected chi connectivity index (χ4v) is 2.65. The van der Waals surface area contributed by atoms with E-state index in [1.807, 2.05) is 30.3 Å². The molecule has 1 fully saturated rings. The Hall–Kier alpha value is -2.56. The van der Waals surface area contributed by atoms with E-state index in [1.54, 1.807) is 19.1 Å². The van der Waals surface area contributed by atoms with Gasteiger partial charge in [-0.25, -0.2) is 4.79 Å². The zero-order valence-electron chi connectivity index (χ0n) is 13.0. The number of ether oxygens (including phenoxy) is 1. The molecule has 5 nitrogen and oxygen atoms in total. The molecule has 120 valence electrons. The second-order valence-corrected chi connectivity index (χ2v) is 5.62. The molecule has 0 spiro atoms. The van der Waals surface area contributed by atoms with Gasteiger partial charge in [0.25, 0.3) is 0 Å². The van der Waals surface area contributed by atoms with Crippen LogP contribution < -0.4 is 5.32 Å². The van der Waals surface area contributed by atoms with Gasteiger partial charge in [0, 0.05) is 0 Å². The van der Waals surface area contributed by atoms with Gasteiger partial charge in [-0.2, -0.15) is 0 Å². The second-order valence-electron chi connectivity index (χ2n) is 5.62. The van der Waals surface area contributed by atoms with Crippen molar-refractivity contribution in [1.82, 2.24) is 5.32 Å². The van der Waals surface area contributed by atoms with E-state index >= 15 is 0 Å². The first-order valence-corrected chi connectivity index (χ1v) is 7.75. The quantitative estimate of drug-likeness (QED) is 0.833. The number of furan rings is 1. The standard InChI is InChI=1S/C18H19NO4/c1-2-22-16(20)15-9-8-14(23-15)12-19-17(21)18(10-11-18)13-6-4-3-5-7-13/h3-9H,2,10-12H2,1H3,(H,19,21). The largest absolute Gasteiger partial charge is 0.460 e. The molecule has 1 aliphatic rings. The van der Waals surface area contributed by atoms with Crippen molar-refractivity contribution >= 4 is 11.9 Å². The molecule has 1 aromatic heterocycles. The Morgan fingerprint density at radius 3 is 2.57 bits per heavy atom. The van der Waals surface area contributed by atoms with Crippen molar-refractivity contribution < 1.29 is 18.7 Å². The SMILES string of the molecule is CCOC(=O)c1ccc(CNC(=O)C2(c3ccccc3)CC2)o1. The van der Waals surface area contributed by atoms with Crippen molar-refractivity contribution in [3.8, 4) is 0 Å². The highest BCUT2D eigenvalue weighted by Gasteiger charge is 2.50. The summed E-state index contributed by atoms with van der Waals surface area (Å²) in [6.45, 7) is 2.29. The predicted molar refractivity (Wildman–Crippen MR) is 83.9 cm³/mol. The summed E-state index contributed by atoms with van der Waals surface area (Å²) in [5.74, 6) is 0.191. The molecule has 1 saturated carbocycles. The van der Waals surface area contributed by atoms with Crippen LogP contribution in [0.25, 0.3) is 0 Å². The molecule has 1 aromatic carbocycles. The summed E-state index contributed by atoms with van der Waals surface area (Å²) in [4.78, 5) is 24.0. The van der Waals surface area contributed by atoms with E-state index in [0.29, 0.717) is 12.4 Å². The lowest BCUT2D eigenvalue weighted by Crippen LogP contribution is -2.34. The fourth-order valence-electron chi connectivity index (χ4n) is 2.65. The molecule has 0 aliphatic heterocycles. The Balaban J connectivity index is 1.61. The van der Waals surface area contributed by atoms with Gasteiger partial charge in [0.15, 0.2) is 0 Å². The smallest absolute Gasteiger partial charge is 0.374 e. The Morgan fingerprint density at radius 2 is 1.91 bits per heavy atom. The summed E-state index contributed by atoms with van der Waals surface area (Å²) < 4.78 is 10.3. The molecular weight excluding hydrogens is 294 g/mol. The maximum Gasteiger partial charge on any atom is 0.374 e. The minimum Gasteiger partial charge on any atom is -0.460 e. The second kappa shape index (κ2) is 6.28. The van der Waals surface area contributed by atoms with Gasteiger partial charge in [-0.05, 0) is 37.5 Å². The normalized spacial score (nSPS) is 15.0. The highest BCUT2D eigenvalue weighted by atomic mass is 16.5. The van der Waals surface area contributed by atoms with Gasteiger partial charge >= 0.3 is 5.97 Å². The van der Waals surface area contributed by atoms with Gasteiger partial charge < -0.3 is 14.5 Å². The zero-order valence-corrected chi connectivity index (χ0v) is 13.0. The molecule has 1 N–H and O–H groups in total. The highest BCUT2D eigenvalue weighted by Crippen LogP contribution is 2.48. The van der Waals surface area contributed by atoms with E-state index < -0.39 is 11.4 Å². The number of hydrogen-bond acceptors (Lipinski definition) is 4. The number of carbonyl (C=O) groups excluding carboxylic acids is 2. The van der Waals surface area contributed by atoms with Crippen molar-refractivity contribution in [3.63, 3.8) is 0 Å². The van der Waals surface area contributed by atoms with Crippen molar-refractivity contribution in [2.24, 2.45) is 0 Å². The summed E-state index contributed by atoms with van der Waals surface area (Å²) in [6, 6.07) is 13.0. The number of hydrogen-bond donors (Lipinski definition) is 1. The molecule has 3 rings (SSSR count). The third-order valence-electron chi connectivity index (χ3n) is 4.07. The van der Waals surface area contributed by atoms with Gasteiger partial charge in [0.1, 0.15) is 5.76 Å². The van der Waals surface area contributed by atoms with Crippen molar-refractivity contribution in [2.45, 2.75) is 31.7 Å². The first-order chi connectivity index (χ1) is 11.2. The van der Waals surface area contributed by atoms with Crippen LogP contribution in [0.3, 0.4) is 0 Å². The summed E-state index contributed by atoms with van der Waals surface area (Å²) >= 11 is 0. The molecule has 0 saturated heterocycles.